The fourth-order valence-corrected chi connectivity index (χ4v) is 2.05. The van der Waals surface area contributed by atoms with Crippen molar-refractivity contribution in [2.75, 3.05) is 19.7 Å². The second-order valence-corrected chi connectivity index (χ2v) is 5.67. The predicted molar refractivity (Wildman–Crippen MR) is 65.4 cm³/mol. The number of amides is 1. The van der Waals surface area contributed by atoms with E-state index in [1.165, 1.54) is 0 Å². The summed E-state index contributed by atoms with van der Waals surface area (Å²) in [5, 5.41) is 9.18. The summed E-state index contributed by atoms with van der Waals surface area (Å²) in [4.78, 5) is 13.9. The molecule has 0 spiro atoms. The molecule has 0 radical (unpaired) electrons. The van der Waals surface area contributed by atoms with Gasteiger partial charge in [-0.2, -0.15) is 0 Å². The van der Waals surface area contributed by atoms with Crippen molar-refractivity contribution in [2.45, 2.75) is 45.4 Å². The highest BCUT2D eigenvalue weighted by atomic mass is 16.5. The van der Waals surface area contributed by atoms with Gasteiger partial charge in [-0.3, -0.25) is 4.79 Å². The van der Waals surface area contributed by atoms with Crippen LogP contribution in [0.15, 0.2) is 0 Å². The highest BCUT2D eigenvalue weighted by Crippen LogP contribution is 2.21. The zero-order valence-electron chi connectivity index (χ0n) is 11.1. The fourth-order valence-electron chi connectivity index (χ4n) is 2.05. The molecule has 2 atom stereocenters. The molecule has 0 aromatic heterocycles. The van der Waals surface area contributed by atoms with Crippen LogP contribution in [0.1, 0.15) is 27.7 Å². The summed E-state index contributed by atoms with van der Waals surface area (Å²) in [5.74, 6) is 0.0517. The number of morpholine rings is 1. The van der Waals surface area contributed by atoms with Crippen molar-refractivity contribution in [2.24, 2.45) is 11.7 Å². The van der Waals surface area contributed by atoms with Gasteiger partial charge >= 0.3 is 0 Å². The lowest BCUT2D eigenvalue weighted by atomic mass is 10.0. The van der Waals surface area contributed by atoms with Gasteiger partial charge in [0.05, 0.1) is 24.4 Å². The molecule has 0 aromatic carbocycles. The zero-order chi connectivity index (χ0) is 13.2. The Kier molecular flexibility index (Phi) is 4.52. The molecule has 1 unspecified atom stereocenters. The van der Waals surface area contributed by atoms with Crippen molar-refractivity contribution < 1.29 is 14.6 Å². The van der Waals surface area contributed by atoms with E-state index in [0.717, 1.165) is 0 Å². The van der Waals surface area contributed by atoms with E-state index in [1.54, 1.807) is 4.90 Å². The molecule has 1 aliphatic rings. The molecule has 17 heavy (non-hydrogen) atoms. The lowest BCUT2D eigenvalue weighted by molar-refractivity contribution is -0.168. The van der Waals surface area contributed by atoms with E-state index in [-0.39, 0.29) is 24.5 Å². The number of aliphatic hydroxyl groups excluding tert-OH is 1. The average molecular weight is 244 g/mol. The standard InChI is InChI=1S/C12H24N2O3/c1-8(2)10(13)11(16)14-5-9(6-15)17-12(3,4)7-14/h8-10,15H,5-7,13H2,1-4H3/t9?,10-/m0/s1. The van der Waals surface area contributed by atoms with E-state index in [0.29, 0.717) is 13.1 Å². The van der Waals surface area contributed by atoms with Gasteiger partial charge in [0.1, 0.15) is 0 Å². The molecule has 1 amide bonds. The molecule has 1 saturated heterocycles. The topological polar surface area (TPSA) is 75.8 Å². The Morgan fingerprint density at radius 3 is 2.65 bits per heavy atom. The summed E-state index contributed by atoms with van der Waals surface area (Å²) in [6.07, 6.45) is -0.318. The first-order valence-electron chi connectivity index (χ1n) is 6.10. The zero-order valence-corrected chi connectivity index (χ0v) is 11.1. The van der Waals surface area contributed by atoms with Crippen LogP contribution < -0.4 is 5.73 Å². The molecule has 5 heteroatoms. The van der Waals surface area contributed by atoms with Gasteiger partial charge in [-0.05, 0) is 19.8 Å². The van der Waals surface area contributed by atoms with Gasteiger partial charge in [0.2, 0.25) is 5.91 Å². The maximum Gasteiger partial charge on any atom is 0.239 e. The minimum atomic E-state index is -0.483. The van der Waals surface area contributed by atoms with Gasteiger partial charge in [-0.15, -0.1) is 0 Å². The van der Waals surface area contributed by atoms with Crippen LogP contribution in [0.4, 0.5) is 0 Å². The second-order valence-electron chi connectivity index (χ2n) is 5.67. The quantitative estimate of drug-likeness (QED) is 0.731. The summed E-state index contributed by atoms with van der Waals surface area (Å²) < 4.78 is 5.66. The van der Waals surface area contributed by atoms with Gasteiger partial charge in [0.25, 0.3) is 0 Å². The van der Waals surface area contributed by atoms with Crippen LogP contribution in [0.2, 0.25) is 0 Å². The maximum absolute atomic E-state index is 12.2. The van der Waals surface area contributed by atoms with Gasteiger partial charge in [-0.1, -0.05) is 13.8 Å². The normalized spacial score (nSPS) is 26.1. The average Bonchev–Trinajstić information content (AvgIpc) is 2.24. The van der Waals surface area contributed by atoms with Gasteiger partial charge < -0.3 is 20.5 Å². The molecule has 1 heterocycles. The van der Waals surface area contributed by atoms with Crippen LogP contribution in [0.3, 0.4) is 0 Å². The largest absolute Gasteiger partial charge is 0.394 e. The van der Waals surface area contributed by atoms with E-state index < -0.39 is 11.6 Å². The van der Waals surface area contributed by atoms with Crippen molar-refractivity contribution in [1.82, 2.24) is 4.90 Å². The Hall–Kier alpha value is -0.650. The summed E-state index contributed by atoms with van der Waals surface area (Å²) in [6, 6.07) is -0.483. The van der Waals surface area contributed by atoms with Crippen LogP contribution >= 0.6 is 0 Å². The first-order valence-corrected chi connectivity index (χ1v) is 6.10. The second kappa shape index (κ2) is 5.33. The van der Waals surface area contributed by atoms with Crippen molar-refractivity contribution in [3.63, 3.8) is 0 Å². The highest BCUT2D eigenvalue weighted by Gasteiger charge is 2.37. The maximum atomic E-state index is 12.2. The molecular weight excluding hydrogens is 220 g/mol. The number of aliphatic hydroxyl groups is 1. The van der Waals surface area contributed by atoms with E-state index in [4.69, 9.17) is 10.5 Å². The van der Waals surface area contributed by atoms with Crippen LogP contribution in [-0.4, -0.2) is 53.4 Å². The van der Waals surface area contributed by atoms with Crippen molar-refractivity contribution in [1.29, 1.82) is 0 Å². The van der Waals surface area contributed by atoms with E-state index >= 15 is 0 Å². The van der Waals surface area contributed by atoms with E-state index in [9.17, 15) is 9.90 Å². The number of ether oxygens (including phenoxy) is 1. The summed E-state index contributed by atoms with van der Waals surface area (Å²) in [7, 11) is 0. The number of nitrogens with two attached hydrogens (primary N) is 1. The third-order valence-electron chi connectivity index (χ3n) is 3.00. The molecule has 0 saturated carbocycles. The van der Waals surface area contributed by atoms with E-state index in [2.05, 4.69) is 0 Å². The first kappa shape index (κ1) is 14.4. The Morgan fingerprint density at radius 1 is 1.59 bits per heavy atom. The highest BCUT2D eigenvalue weighted by molar-refractivity contribution is 5.82. The molecule has 5 nitrogen and oxygen atoms in total. The minimum absolute atomic E-state index is 0.0603. The van der Waals surface area contributed by atoms with Gasteiger partial charge in [0, 0.05) is 13.1 Å². The third kappa shape index (κ3) is 3.66. The third-order valence-corrected chi connectivity index (χ3v) is 3.00. The molecule has 3 N–H and O–H groups in total. The number of nitrogens with zero attached hydrogens (tertiary/aromatic N) is 1. The minimum Gasteiger partial charge on any atom is -0.394 e. The number of carbonyl (C=O) groups is 1. The Balaban J connectivity index is 2.73. The number of rotatable bonds is 3. The smallest absolute Gasteiger partial charge is 0.239 e. The SMILES string of the molecule is CC(C)[C@H](N)C(=O)N1CC(CO)OC(C)(C)C1. The van der Waals surface area contributed by atoms with E-state index in [1.807, 2.05) is 27.7 Å². The lowest BCUT2D eigenvalue weighted by Crippen LogP contribution is -2.59. The first-order chi connectivity index (χ1) is 7.76. The predicted octanol–water partition coefficient (Wildman–Crippen LogP) is -0.0320. The van der Waals surface area contributed by atoms with Crippen molar-refractivity contribution in [3.05, 3.63) is 0 Å². The van der Waals surface area contributed by atoms with Gasteiger partial charge in [0.15, 0.2) is 0 Å². The molecular formula is C12H24N2O3. The molecule has 0 aromatic rings. The molecule has 100 valence electrons. The summed E-state index contributed by atoms with van der Waals surface area (Å²) in [6.45, 7) is 8.54. The lowest BCUT2D eigenvalue weighted by Gasteiger charge is -2.43. The van der Waals surface area contributed by atoms with Crippen molar-refractivity contribution in [3.8, 4) is 0 Å². The summed E-state index contributed by atoms with van der Waals surface area (Å²) >= 11 is 0. The fraction of sp³-hybridized carbons (Fsp3) is 0.917. The van der Waals surface area contributed by atoms with Crippen LogP contribution in [-0.2, 0) is 9.53 Å². The van der Waals surface area contributed by atoms with Crippen LogP contribution in [0, 0.1) is 5.92 Å². The Bertz CT molecular complexity index is 279. The molecule has 0 bridgehead atoms. The molecule has 1 aliphatic heterocycles. The Labute approximate surface area is 103 Å². The number of hydrogen-bond donors (Lipinski definition) is 2. The van der Waals surface area contributed by atoms with Crippen molar-refractivity contribution >= 4 is 5.91 Å². The van der Waals surface area contributed by atoms with Crippen LogP contribution in [0.5, 0.6) is 0 Å². The van der Waals surface area contributed by atoms with Gasteiger partial charge in [-0.25, -0.2) is 0 Å². The summed E-state index contributed by atoms with van der Waals surface area (Å²) in [5.41, 5.74) is 5.44. The Morgan fingerprint density at radius 2 is 2.18 bits per heavy atom. The molecule has 0 aliphatic carbocycles. The number of hydrogen-bond acceptors (Lipinski definition) is 4. The number of carbonyl (C=O) groups excluding carboxylic acids is 1. The molecule has 1 fully saturated rings. The van der Waals surface area contributed by atoms with Crippen LogP contribution in [0.25, 0.3) is 0 Å². The monoisotopic (exact) mass is 244 g/mol. The molecule has 1 rings (SSSR count).